The Labute approximate surface area is 180 Å². The minimum absolute atomic E-state index is 0.229. The van der Waals surface area contributed by atoms with Crippen molar-refractivity contribution in [3.8, 4) is 28.0 Å². The van der Waals surface area contributed by atoms with Gasteiger partial charge in [-0.25, -0.2) is 0 Å². The van der Waals surface area contributed by atoms with Crippen molar-refractivity contribution in [2.24, 2.45) is 7.05 Å². The zero-order valence-corrected chi connectivity index (χ0v) is 17.9. The van der Waals surface area contributed by atoms with Crippen molar-refractivity contribution in [3.05, 3.63) is 52.2 Å². The van der Waals surface area contributed by atoms with E-state index >= 15 is 0 Å². The number of aromatic nitrogens is 3. The van der Waals surface area contributed by atoms with E-state index in [4.69, 9.17) is 4.74 Å². The van der Waals surface area contributed by atoms with Gasteiger partial charge in [0.2, 0.25) is 0 Å². The van der Waals surface area contributed by atoms with Gasteiger partial charge in [-0.15, -0.1) is 0 Å². The van der Waals surface area contributed by atoms with Crippen molar-refractivity contribution in [3.63, 3.8) is 0 Å². The predicted octanol–water partition coefficient (Wildman–Crippen LogP) is 3.07. The van der Waals surface area contributed by atoms with Gasteiger partial charge in [0.15, 0.2) is 0 Å². The Balaban J connectivity index is 1.96. The van der Waals surface area contributed by atoms with Crippen molar-refractivity contribution in [2.75, 3.05) is 18.5 Å². The van der Waals surface area contributed by atoms with E-state index in [1.165, 1.54) is 4.57 Å². The minimum Gasteiger partial charge on any atom is -0.490 e. The highest BCUT2D eigenvalue weighted by Crippen LogP contribution is 2.37. The number of pyridine rings is 1. The van der Waals surface area contributed by atoms with Gasteiger partial charge in [-0.1, -0.05) is 13.0 Å². The number of carbonyl (C=O) groups is 1. The number of carboxylic acid groups (broad SMARTS) is 1. The molecule has 0 amide bonds. The summed E-state index contributed by atoms with van der Waals surface area (Å²) in [5.74, 6) is -0.225. The number of benzene rings is 1. The maximum Gasteiger partial charge on any atom is 0.309 e. The Kier molecular flexibility index (Phi) is 5.54. The molecule has 0 radical (unpaired) electrons. The molecule has 8 heteroatoms. The second-order valence-corrected chi connectivity index (χ2v) is 7.73. The molecule has 0 aliphatic carbocycles. The Bertz CT molecular complexity index is 1210. The van der Waals surface area contributed by atoms with E-state index in [9.17, 15) is 14.7 Å². The van der Waals surface area contributed by atoms with Crippen LogP contribution >= 0.6 is 0 Å². The fourth-order valence-electron chi connectivity index (χ4n) is 4.17. The van der Waals surface area contributed by atoms with Crippen LogP contribution in [0.4, 0.5) is 5.69 Å². The van der Waals surface area contributed by atoms with E-state index in [-0.39, 0.29) is 12.0 Å². The second-order valence-electron chi connectivity index (χ2n) is 7.73. The smallest absolute Gasteiger partial charge is 0.309 e. The summed E-state index contributed by atoms with van der Waals surface area (Å²) < 4.78 is 8.95. The first-order valence-electron chi connectivity index (χ1n) is 10.4. The van der Waals surface area contributed by atoms with Crippen molar-refractivity contribution >= 4 is 11.7 Å². The zero-order chi connectivity index (χ0) is 22.1. The van der Waals surface area contributed by atoms with Crippen LogP contribution in [0.3, 0.4) is 0 Å². The highest BCUT2D eigenvalue weighted by atomic mass is 16.5. The summed E-state index contributed by atoms with van der Waals surface area (Å²) in [5.41, 5.74) is 4.69. The lowest BCUT2D eigenvalue weighted by Gasteiger charge is -2.22. The Hall–Kier alpha value is -3.55. The van der Waals surface area contributed by atoms with Gasteiger partial charge in [-0.2, -0.15) is 5.10 Å². The van der Waals surface area contributed by atoms with E-state index in [1.807, 2.05) is 36.0 Å². The molecule has 1 aliphatic rings. The number of anilines is 1. The van der Waals surface area contributed by atoms with Crippen molar-refractivity contribution in [2.45, 2.75) is 33.2 Å². The number of fused-ring (bicyclic) bond motifs is 1. The Morgan fingerprint density at radius 2 is 2.10 bits per heavy atom. The molecule has 1 aliphatic heterocycles. The van der Waals surface area contributed by atoms with Gasteiger partial charge < -0.3 is 19.7 Å². The van der Waals surface area contributed by atoms with E-state index in [2.05, 4.69) is 17.3 Å². The largest absolute Gasteiger partial charge is 0.490 e. The van der Waals surface area contributed by atoms with Crippen LogP contribution in [0.2, 0.25) is 0 Å². The normalized spacial score (nSPS) is 12.7. The molecule has 0 spiro atoms. The first kappa shape index (κ1) is 20.7. The maximum atomic E-state index is 13.3. The zero-order valence-electron chi connectivity index (χ0n) is 17.9. The standard InChI is InChI=1S/C23H26N4O4/c1-4-8-27-13-16(12-25-27)22-14(2)21(18(11-20(28)29)26(3)23(22)30)15-5-6-19-17(10-15)24-7-9-31-19/h5-6,10,12-13,24H,4,7-9,11H2,1-3H3,(H,28,29). The molecule has 4 rings (SSSR count). The summed E-state index contributed by atoms with van der Waals surface area (Å²) in [7, 11) is 1.63. The SMILES string of the molecule is CCCn1cc(-c2c(C)c(-c3ccc4c(c3)NCCO4)c(CC(=O)O)n(C)c2=O)cn1. The monoisotopic (exact) mass is 422 g/mol. The molecular formula is C23H26N4O4. The molecule has 0 unspecified atom stereocenters. The summed E-state index contributed by atoms with van der Waals surface area (Å²) >= 11 is 0. The molecule has 1 aromatic carbocycles. The molecule has 0 saturated carbocycles. The number of nitrogens with one attached hydrogen (secondary N) is 1. The fraction of sp³-hybridized carbons (Fsp3) is 0.348. The number of nitrogens with zero attached hydrogens (tertiary/aromatic N) is 3. The summed E-state index contributed by atoms with van der Waals surface area (Å²) in [6, 6.07) is 5.75. The van der Waals surface area contributed by atoms with Crippen molar-refractivity contribution in [1.82, 2.24) is 14.3 Å². The van der Waals surface area contributed by atoms with Gasteiger partial charge in [0.1, 0.15) is 12.4 Å². The van der Waals surface area contributed by atoms with Crippen molar-refractivity contribution < 1.29 is 14.6 Å². The molecule has 3 aromatic rings. The summed E-state index contributed by atoms with van der Waals surface area (Å²) in [5, 5.41) is 17.2. The third-order valence-corrected chi connectivity index (χ3v) is 5.60. The van der Waals surface area contributed by atoms with Crippen LogP contribution in [0.15, 0.2) is 35.4 Å². The molecule has 0 atom stereocenters. The molecule has 162 valence electrons. The van der Waals surface area contributed by atoms with Crippen LogP contribution in [0.1, 0.15) is 24.6 Å². The van der Waals surface area contributed by atoms with E-state index in [0.717, 1.165) is 46.7 Å². The van der Waals surface area contributed by atoms with E-state index in [1.54, 1.807) is 13.2 Å². The topological polar surface area (TPSA) is 98.4 Å². The second kappa shape index (κ2) is 8.29. The Morgan fingerprint density at radius 1 is 1.29 bits per heavy atom. The van der Waals surface area contributed by atoms with Crippen LogP contribution in [0.5, 0.6) is 5.75 Å². The first-order chi connectivity index (χ1) is 14.9. The lowest BCUT2D eigenvalue weighted by molar-refractivity contribution is -0.136. The number of hydrogen-bond acceptors (Lipinski definition) is 5. The highest BCUT2D eigenvalue weighted by molar-refractivity contribution is 5.84. The highest BCUT2D eigenvalue weighted by Gasteiger charge is 2.23. The minimum atomic E-state index is -0.987. The molecule has 0 saturated heterocycles. The summed E-state index contributed by atoms with van der Waals surface area (Å²) in [6.07, 6.45) is 4.25. The Morgan fingerprint density at radius 3 is 2.84 bits per heavy atom. The average Bonchev–Trinajstić information content (AvgIpc) is 3.20. The molecule has 2 aromatic heterocycles. The van der Waals surface area contributed by atoms with Gasteiger partial charge >= 0.3 is 5.97 Å². The van der Waals surface area contributed by atoms with Crippen LogP contribution in [-0.2, 0) is 24.8 Å². The van der Waals surface area contributed by atoms with Gasteiger partial charge in [0, 0.05) is 43.2 Å². The van der Waals surface area contributed by atoms with E-state index < -0.39 is 5.97 Å². The molecular weight excluding hydrogens is 396 g/mol. The van der Waals surface area contributed by atoms with Gasteiger partial charge in [-0.3, -0.25) is 14.3 Å². The van der Waals surface area contributed by atoms with Crippen LogP contribution in [0.25, 0.3) is 22.3 Å². The number of carboxylic acids is 1. The lowest BCUT2D eigenvalue weighted by atomic mass is 9.91. The first-order valence-corrected chi connectivity index (χ1v) is 10.4. The molecule has 8 nitrogen and oxygen atoms in total. The third kappa shape index (κ3) is 3.81. The summed E-state index contributed by atoms with van der Waals surface area (Å²) in [6.45, 7) is 6.00. The third-order valence-electron chi connectivity index (χ3n) is 5.60. The molecule has 3 heterocycles. The fourth-order valence-corrected chi connectivity index (χ4v) is 4.17. The quantitative estimate of drug-likeness (QED) is 0.634. The molecule has 0 fully saturated rings. The lowest BCUT2D eigenvalue weighted by Crippen LogP contribution is -2.26. The van der Waals surface area contributed by atoms with Gasteiger partial charge in [-0.05, 0) is 36.6 Å². The predicted molar refractivity (Wildman–Crippen MR) is 119 cm³/mol. The maximum absolute atomic E-state index is 13.3. The van der Waals surface area contributed by atoms with Crippen LogP contribution in [0, 0.1) is 6.92 Å². The molecule has 0 bridgehead atoms. The van der Waals surface area contributed by atoms with E-state index in [0.29, 0.717) is 24.4 Å². The number of rotatable bonds is 6. The van der Waals surface area contributed by atoms with Crippen LogP contribution < -0.4 is 15.6 Å². The number of hydrogen-bond donors (Lipinski definition) is 2. The molecule has 2 N–H and O–H groups in total. The van der Waals surface area contributed by atoms with Crippen molar-refractivity contribution in [1.29, 1.82) is 0 Å². The molecule has 31 heavy (non-hydrogen) atoms. The van der Waals surface area contributed by atoms with Crippen LogP contribution in [-0.4, -0.2) is 38.6 Å². The number of aryl methyl sites for hydroxylation is 1. The number of aliphatic carboxylic acids is 1. The van der Waals surface area contributed by atoms with Gasteiger partial charge in [0.25, 0.3) is 5.56 Å². The average molecular weight is 422 g/mol. The summed E-state index contributed by atoms with van der Waals surface area (Å²) in [4.78, 5) is 24.9. The number of ether oxygens (including phenoxy) is 1. The van der Waals surface area contributed by atoms with Gasteiger partial charge in [0.05, 0.1) is 23.9 Å².